The van der Waals surface area contributed by atoms with E-state index in [4.69, 9.17) is 22.1 Å². The van der Waals surface area contributed by atoms with Crippen molar-refractivity contribution in [2.45, 2.75) is 6.61 Å². The molecule has 0 aliphatic heterocycles. The molecule has 1 aromatic heterocycles. The minimum atomic E-state index is -0.464. The van der Waals surface area contributed by atoms with Crippen molar-refractivity contribution < 1.29 is 9.13 Å². The van der Waals surface area contributed by atoms with Crippen molar-refractivity contribution >= 4 is 11.6 Å². The molecule has 1 aromatic carbocycles. The lowest BCUT2D eigenvalue weighted by atomic mass is 10.2. The third-order valence-electron chi connectivity index (χ3n) is 2.44. The van der Waals surface area contributed by atoms with Gasteiger partial charge in [-0.2, -0.15) is 0 Å². The molecule has 0 saturated heterocycles. The first-order valence-corrected chi connectivity index (χ1v) is 6.27. The largest absolute Gasteiger partial charge is 0.487 e. The molecule has 20 heavy (non-hydrogen) atoms. The number of halogens is 2. The van der Waals surface area contributed by atoms with Gasteiger partial charge in [-0.1, -0.05) is 29.5 Å². The lowest BCUT2D eigenvalue weighted by molar-refractivity contribution is 0.304. The van der Waals surface area contributed by atoms with Crippen molar-refractivity contribution in [3.63, 3.8) is 0 Å². The maximum absolute atomic E-state index is 13.3. The highest BCUT2D eigenvalue weighted by atomic mass is 35.5. The molecule has 2 N–H and O–H groups in total. The van der Waals surface area contributed by atoms with Gasteiger partial charge in [-0.05, 0) is 23.8 Å². The van der Waals surface area contributed by atoms with E-state index in [1.54, 1.807) is 24.5 Å². The first kappa shape index (κ1) is 14.3. The van der Waals surface area contributed by atoms with Gasteiger partial charge in [0.1, 0.15) is 18.2 Å². The van der Waals surface area contributed by atoms with Crippen LogP contribution in [0.1, 0.15) is 11.1 Å². The van der Waals surface area contributed by atoms with Crippen LogP contribution < -0.4 is 10.5 Å². The molecule has 102 valence electrons. The summed E-state index contributed by atoms with van der Waals surface area (Å²) in [5, 5.41) is 0.0921. The fourth-order valence-electron chi connectivity index (χ4n) is 1.52. The molecule has 0 bridgehead atoms. The van der Waals surface area contributed by atoms with E-state index in [0.29, 0.717) is 11.3 Å². The quantitative estimate of drug-likeness (QED) is 0.884. The van der Waals surface area contributed by atoms with Crippen molar-refractivity contribution in [1.29, 1.82) is 0 Å². The molecule has 0 radical (unpaired) electrons. The van der Waals surface area contributed by atoms with E-state index in [9.17, 15) is 4.39 Å². The molecule has 2 rings (SSSR count). The Morgan fingerprint density at radius 2 is 2.15 bits per heavy atom. The fraction of sp³-hybridized carbons (Fsp3) is 0.133. The predicted molar refractivity (Wildman–Crippen MR) is 75.9 cm³/mol. The Bertz CT molecular complexity index is 664. The number of nitrogens with two attached hydrogens (primary N) is 1. The Morgan fingerprint density at radius 1 is 1.30 bits per heavy atom. The van der Waals surface area contributed by atoms with Crippen LogP contribution in [-0.2, 0) is 6.61 Å². The lowest BCUT2D eigenvalue weighted by Crippen LogP contribution is -1.97. The van der Waals surface area contributed by atoms with Crippen LogP contribution in [0.15, 0.2) is 36.7 Å². The highest BCUT2D eigenvalue weighted by Crippen LogP contribution is 2.17. The molecule has 3 nitrogen and oxygen atoms in total. The Labute approximate surface area is 121 Å². The molecule has 0 spiro atoms. The summed E-state index contributed by atoms with van der Waals surface area (Å²) in [5.74, 6) is 5.70. The van der Waals surface area contributed by atoms with E-state index in [-0.39, 0.29) is 18.2 Å². The average Bonchev–Trinajstić information content (AvgIpc) is 2.47. The topological polar surface area (TPSA) is 48.1 Å². The number of rotatable bonds is 3. The van der Waals surface area contributed by atoms with Gasteiger partial charge in [0.05, 0.1) is 17.8 Å². The second-order valence-corrected chi connectivity index (χ2v) is 4.36. The zero-order valence-electron chi connectivity index (χ0n) is 10.6. The van der Waals surface area contributed by atoms with E-state index in [2.05, 4.69) is 16.8 Å². The summed E-state index contributed by atoms with van der Waals surface area (Å²) in [6.45, 7) is 0.513. The summed E-state index contributed by atoms with van der Waals surface area (Å²) < 4.78 is 18.8. The van der Waals surface area contributed by atoms with E-state index in [1.807, 2.05) is 0 Å². The van der Waals surface area contributed by atoms with Crippen LogP contribution in [0.3, 0.4) is 0 Å². The van der Waals surface area contributed by atoms with Crippen LogP contribution in [0.2, 0.25) is 5.02 Å². The number of ether oxygens (including phenoxy) is 1. The van der Waals surface area contributed by atoms with Crippen molar-refractivity contribution in [2.24, 2.45) is 5.73 Å². The van der Waals surface area contributed by atoms with Crippen LogP contribution in [0.25, 0.3) is 0 Å². The summed E-state index contributed by atoms with van der Waals surface area (Å²) in [4.78, 5) is 4.02. The molecule has 0 aliphatic carbocycles. The molecule has 1 heterocycles. The second kappa shape index (κ2) is 6.90. The maximum Gasteiger partial charge on any atom is 0.142 e. The predicted octanol–water partition coefficient (Wildman–Crippen LogP) is 2.76. The number of aromatic nitrogens is 1. The zero-order chi connectivity index (χ0) is 14.4. The molecule has 0 fully saturated rings. The molecule has 0 unspecified atom stereocenters. The Kier molecular flexibility index (Phi) is 4.94. The van der Waals surface area contributed by atoms with Crippen LogP contribution >= 0.6 is 11.6 Å². The molecular formula is C15H12ClFN2O. The smallest absolute Gasteiger partial charge is 0.142 e. The summed E-state index contributed by atoms with van der Waals surface area (Å²) in [6, 6.07) is 6.30. The van der Waals surface area contributed by atoms with Crippen molar-refractivity contribution in [2.75, 3.05) is 6.54 Å². The Hall–Kier alpha value is -2.09. The van der Waals surface area contributed by atoms with Crippen LogP contribution in [0, 0.1) is 17.7 Å². The molecule has 5 heteroatoms. The first-order chi connectivity index (χ1) is 9.69. The highest BCUT2D eigenvalue weighted by molar-refractivity contribution is 6.30. The van der Waals surface area contributed by atoms with E-state index < -0.39 is 5.82 Å². The summed E-state index contributed by atoms with van der Waals surface area (Å²) in [7, 11) is 0. The van der Waals surface area contributed by atoms with Gasteiger partial charge in [0.2, 0.25) is 0 Å². The molecule has 0 amide bonds. The molecule has 0 aliphatic rings. The average molecular weight is 291 g/mol. The van der Waals surface area contributed by atoms with E-state index >= 15 is 0 Å². The summed E-state index contributed by atoms with van der Waals surface area (Å²) in [6.07, 6.45) is 3.19. The number of hydrogen-bond acceptors (Lipinski definition) is 3. The van der Waals surface area contributed by atoms with Gasteiger partial charge in [0, 0.05) is 11.8 Å². The SMILES string of the molecule is NCC#Cc1cncc(OCc2ccc(Cl)c(F)c2)c1. The van der Waals surface area contributed by atoms with Gasteiger partial charge in [0.25, 0.3) is 0 Å². The van der Waals surface area contributed by atoms with Crippen LogP contribution in [0.5, 0.6) is 5.75 Å². The summed E-state index contributed by atoms with van der Waals surface area (Å²) >= 11 is 5.62. The van der Waals surface area contributed by atoms with Gasteiger partial charge in [-0.3, -0.25) is 4.98 Å². The summed E-state index contributed by atoms with van der Waals surface area (Å²) in [5.41, 5.74) is 6.71. The maximum atomic E-state index is 13.3. The highest BCUT2D eigenvalue weighted by Gasteiger charge is 2.02. The second-order valence-electron chi connectivity index (χ2n) is 3.95. The Balaban J connectivity index is 2.05. The zero-order valence-corrected chi connectivity index (χ0v) is 11.3. The van der Waals surface area contributed by atoms with Gasteiger partial charge in [0.15, 0.2) is 0 Å². The minimum Gasteiger partial charge on any atom is -0.487 e. The van der Waals surface area contributed by atoms with Crippen LogP contribution in [-0.4, -0.2) is 11.5 Å². The number of nitrogens with zero attached hydrogens (tertiary/aromatic N) is 1. The normalized spacial score (nSPS) is 9.75. The number of pyridine rings is 1. The van der Waals surface area contributed by atoms with Gasteiger partial charge < -0.3 is 10.5 Å². The standard InChI is InChI=1S/C15H12ClFN2O/c16-14-4-3-12(7-15(14)17)10-20-13-6-11(2-1-5-18)8-19-9-13/h3-4,6-9H,5,10,18H2. The fourth-order valence-corrected chi connectivity index (χ4v) is 1.63. The molecule has 2 aromatic rings. The van der Waals surface area contributed by atoms with Gasteiger partial charge >= 0.3 is 0 Å². The van der Waals surface area contributed by atoms with Crippen molar-refractivity contribution in [1.82, 2.24) is 4.98 Å². The third-order valence-corrected chi connectivity index (χ3v) is 2.74. The van der Waals surface area contributed by atoms with E-state index in [0.717, 1.165) is 5.56 Å². The Morgan fingerprint density at radius 3 is 2.90 bits per heavy atom. The van der Waals surface area contributed by atoms with Crippen molar-refractivity contribution in [3.8, 4) is 17.6 Å². The van der Waals surface area contributed by atoms with Gasteiger partial charge in [-0.25, -0.2) is 4.39 Å². The molecule has 0 atom stereocenters. The molecule has 0 saturated carbocycles. The number of benzene rings is 1. The first-order valence-electron chi connectivity index (χ1n) is 5.90. The lowest BCUT2D eigenvalue weighted by Gasteiger charge is -2.06. The monoisotopic (exact) mass is 290 g/mol. The number of hydrogen-bond donors (Lipinski definition) is 1. The van der Waals surface area contributed by atoms with E-state index in [1.165, 1.54) is 12.1 Å². The molecular weight excluding hydrogens is 279 g/mol. The van der Waals surface area contributed by atoms with Crippen LogP contribution in [0.4, 0.5) is 4.39 Å². The minimum absolute atomic E-state index is 0.0921. The van der Waals surface area contributed by atoms with Crippen molar-refractivity contribution in [3.05, 3.63) is 58.6 Å². The third kappa shape index (κ3) is 3.95. The van der Waals surface area contributed by atoms with Gasteiger partial charge in [-0.15, -0.1) is 0 Å².